The quantitative estimate of drug-likeness (QED) is 0.877. The van der Waals surface area contributed by atoms with Gasteiger partial charge in [-0.25, -0.2) is 4.79 Å². The van der Waals surface area contributed by atoms with Gasteiger partial charge in [-0.2, -0.15) is 0 Å². The van der Waals surface area contributed by atoms with E-state index in [9.17, 15) is 9.59 Å². The van der Waals surface area contributed by atoms with E-state index in [0.717, 1.165) is 31.2 Å². The first kappa shape index (κ1) is 14.9. The van der Waals surface area contributed by atoms with E-state index in [0.29, 0.717) is 0 Å². The second kappa shape index (κ2) is 5.99. The Labute approximate surface area is 129 Å². The van der Waals surface area contributed by atoms with Crippen LogP contribution >= 0.6 is 0 Å². The molecule has 2 atom stereocenters. The van der Waals surface area contributed by atoms with Gasteiger partial charge >= 0.3 is 12.1 Å². The number of hydrogen-bond donors (Lipinski definition) is 2. The fourth-order valence-electron chi connectivity index (χ4n) is 3.83. The third-order valence-corrected chi connectivity index (χ3v) is 5.24. The summed E-state index contributed by atoms with van der Waals surface area (Å²) in [6, 6.07) is 9.61. The number of carbonyl (C=O) groups excluding carboxylic acids is 1. The number of carboxylic acids is 1. The number of amides is 1. The van der Waals surface area contributed by atoms with Crippen molar-refractivity contribution in [3.63, 3.8) is 0 Å². The number of benzene rings is 1. The molecule has 3 rings (SSSR count). The molecule has 2 aliphatic rings. The Morgan fingerprint density at radius 1 is 1.27 bits per heavy atom. The van der Waals surface area contributed by atoms with Crippen molar-refractivity contribution >= 4 is 12.1 Å². The van der Waals surface area contributed by atoms with E-state index < -0.39 is 12.1 Å². The number of nitrogens with one attached hydrogen (secondary N) is 1. The van der Waals surface area contributed by atoms with Crippen molar-refractivity contribution in [2.24, 2.45) is 11.3 Å². The van der Waals surface area contributed by atoms with Gasteiger partial charge in [-0.05, 0) is 36.2 Å². The molecule has 1 spiro atoms. The highest BCUT2D eigenvalue weighted by Crippen LogP contribution is 2.60. The predicted molar refractivity (Wildman–Crippen MR) is 80.2 cm³/mol. The lowest BCUT2D eigenvalue weighted by atomic mass is 9.46. The zero-order chi connectivity index (χ0) is 15.6. The Balaban J connectivity index is 1.49. The van der Waals surface area contributed by atoms with E-state index in [1.54, 1.807) is 0 Å². The largest absolute Gasteiger partial charge is 0.481 e. The van der Waals surface area contributed by atoms with Gasteiger partial charge in [0.15, 0.2) is 0 Å². The minimum Gasteiger partial charge on any atom is -0.481 e. The molecule has 0 heterocycles. The van der Waals surface area contributed by atoms with Crippen LogP contribution < -0.4 is 5.32 Å². The third-order valence-electron chi connectivity index (χ3n) is 5.24. The summed E-state index contributed by atoms with van der Waals surface area (Å²) >= 11 is 0. The molecule has 0 unspecified atom stereocenters. The molecule has 5 heteroatoms. The van der Waals surface area contributed by atoms with Crippen LogP contribution in [-0.4, -0.2) is 23.2 Å². The van der Waals surface area contributed by atoms with Gasteiger partial charge in [0.25, 0.3) is 0 Å². The summed E-state index contributed by atoms with van der Waals surface area (Å²) in [6.45, 7) is 0.255. The molecular weight excluding hydrogens is 282 g/mol. The van der Waals surface area contributed by atoms with Gasteiger partial charge in [0.05, 0.1) is 0 Å². The van der Waals surface area contributed by atoms with Crippen LogP contribution in [0.15, 0.2) is 30.3 Å². The van der Waals surface area contributed by atoms with E-state index in [-0.39, 0.29) is 30.4 Å². The highest BCUT2D eigenvalue weighted by molar-refractivity contribution is 5.69. The van der Waals surface area contributed by atoms with Crippen LogP contribution in [0.4, 0.5) is 4.79 Å². The molecule has 1 aromatic carbocycles. The summed E-state index contributed by atoms with van der Waals surface area (Å²) in [7, 11) is 0. The van der Waals surface area contributed by atoms with E-state index in [4.69, 9.17) is 9.84 Å². The average molecular weight is 303 g/mol. The third kappa shape index (κ3) is 2.80. The molecule has 2 fully saturated rings. The van der Waals surface area contributed by atoms with Crippen molar-refractivity contribution in [2.75, 3.05) is 0 Å². The van der Waals surface area contributed by atoms with Crippen LogP contribution in [0.2, 0.25) is 0 Å². The topological polar surface area (TPSA) is 75.6 Å². The molecular formula is C17H21NO4. The maximum absolute atomic E-state index is 11.9. The molecule has 2 aliphatic carbocycles. The smallest absolute Gasteiger partial charge is 0.407 e. The first-order valence-corrected chi connectivity index (χ1v) is 7.79. The number of ether oxygens (including phenoxy) is 1. The van der Waals surface area contributed by atoms with Gasteiger partial charge in [-0.15, -0.1) is 0 Å². The Morgan fingerprint density at radius 2 is 2.00 bits per heavy atom. The molecule has 5 nitrogen and oxygen atoms in total. The molecule has 2 saturated carbocycles. The highest BCUT2D eigenvalue weighted by Gasteiger charge is 2.58. The van der Waals surface area contributed by atoms with Crippen LogP contribution in [0.3, 0.4) is 0 Å². The summed E-state index contributed by atoms with van der Waals surface area (Å²) in [5.41, 5.74) is 0.956. The number of hydrogen-bond acceptors (Lipinski definition) is 3. The number of aliphatic carboxylic acids is 1. The molecule has 2 N–H and O–H groups in total. The van der Waals surface area contributed by atoms with Crippen molar-refractivity contribution in [2.45, 2.75) is 44.8 Å². The Hall–Kier alpha value is -2.04. The maximum atomic E-state index is 11.9. The van der Waals surface area contributed by atoms with Crippen molar-refractivity contribution in [3.05, 3.63) is 35.9 Å². The Morgan fingerprint density at radius 3 is 2.59 bits per heavy atom. The van der Waals surface area contributed by atoms with Gasteiger partial charge in [0.1, 0.15) is 6.61 Å². The number of alkyl carbamates (subject to hydrolysis) is 1. The summed E-state index contributed by atoms with van der Waals surface area (Å²) in [5, 5.41) is 11.9. The Bertz CT molecular complexity index is 553. The molecule has 0 aromatic heterocycles. The molecule has 1 aromatic rings. The normalized spacial score (nSPS) is 24.9. The van der Waals surface area contributed by atoms with Crippen LogP contribution in [-0.2, 0) is 16.1 Å². The van der Waals surface area contributed by atoms with E-state index in [2.05, 4.69) is 5.32 Å². The first-order valence-electron chi connectivity index (χ1n) is 7.79. The summed E-state index contributed by atoms with van der Waals surface area (Å²) < 4.78 is 5.25. The standard InChI is InChI=1S/C17H21NO4/c19-15(20)10-13-9-14(17(13)7-4-8-17)18-16(21)22-11-12-5-2-1-3-6-12/h1-3,5-6,13-14H,4,7-11H2,(H,18,21)(H,19,20)/t13-,14-/m0/s1. The lowest BCUT2D eigenvalue weighted by Gasteiger charge is -2.61. The fourth-order valence-corrected chi connectivity index (χ4v) is 3.83. The SMILES string of the molecule is O=C(O)C[C@@H]1C[C@H](NC(=O)OCc2ccccc2)C12CCC2. The highest BCUT2D eigenvalue weighted by atomic mass is 16.5. The van der Waals surface area contributed by atoms with E-state index in [1.165, 1.54) is 0 Å². The molecule has 22 heavy (non-hydrogen) atoms. The average Bonchev–Trinajstić information content (AvgIpc) is 2.42. The number of rotatable bonds is 5. The lowest BCUT2D eigenvalue weighted by Crippen LogP contribution is -2.64. The number of carboxylic acid groups (broad SMARTS) is 1. The van der Waals surface area contributed by atoms with E-state index in [1.807, 2.05) is 30.3 Å². The van der Waals surface area contributed by atoms with Gasteiger partial charge in [0, 0.05) is 12.5 Å². The van der Waals surface area contributed by atoms with Crippen molar-refractivity contribution < 1.29 is 19.4 Å². The molecule has 0 aliphatic heterocycles. The molecule has 1 amide bonds. The summed E-state index contributed by atoms with van der Waals surface area (Å²) in [6.07, 6.45) is 3.68. The summed E-state index contributed by atoms with van der Waals surface area (Å²) in [5.74, 6) is -0.556. The van der Waals surface area contributed by atoms with Crippen molar-refractivity contribution in [1.29, 1.82) is 0 Å². The second-order valence-corrected chi connectivity index (χ2v) is 6.38. The molecule has 0 bridgehead atoms. The molecule has 0 saturated heterocycles. The van der Waals surface area contributed by atoms with Crippen molar-refractivity contribution in [1.82, 2.24) is 5.32 Å². The van der Waals surface area contributed by atoms with Gasteiger partial charge < -0.3 is 15.2 Å². The molecule has 0 radical (unpaired) electrons. The minimum absolute atomic E-state index is 0.00412. The lowest BCUT2D eigenvalue weighted by molar-refractivity contribution is -0.147. The minimum atomic E-state index is -0.749. The predicted octanol–water partition coefficient (Wildman–Crippen LogP) is 2.95. The van der Waals surface area contributed by atoms with Crippen LogP contribution in [0, 0.1) is 11.3 Å². The van der Waals surface area contributed by atoms with Crippen LogP contribution in [0.1, 0.15) is 37.7 Å². The van der Waals surface area contributed by atoms with Gasteiger partial charge in [0.2, 0.25) is 0 Å². The monoisotopic (exact) mass is 303 g/mol. The van der Waals surface area contributed by atoms with Crippen molar-refractivity contribution in [3.8, 4) is 0 Å². The number of carbonyl (C=O) groups is 2. The molecule has 118 valence electrons. The maximum Gasteiger partial charge on any atom is 0.407 e. The zero-order valence-electron chi connectivity index (χ0n) is 12.5. The van der Waals surface area contributed by atoms with Gasteiger partial charge in [-0.3, -0.25) is 4.79 Å². The summed E-state index contributed by atoms with van der Waals surface area (Å²) in [4.78, 5) is 22.8. The first-order chi connectivity index (χ1) is 10.6. The van der Waals surface area contributed by atoms with Crippen LogP contribution in [0.5, 0.6) is 0 Å². The van der Waals surface area contributed by atoms with E-state index >= 15 is 0 Å². The van der Waals surface area contributed by atoms with Crippen LogP contribution in [0.25, 0.3) is 0 Å². The second-order valence-electron chi connectivity index (χ2n) is 6.38. The zero-order valence-corrected chi connectivity index (χ0v) is 12.5. The Kier molecular flexibility index (Phi) is 4.05. The van der Waals surface area contributed by atoms with Gasteiger partial charge in [-0.1, -0.05) is 36.8 Å². The fraction of sp³-hybridized carbons (Fsp3) is 0.529.